The van der Waals surface area contributed by atoms with E-state index in [4.69, 9.17) is 5.11 Å². The second kappa shape index (κ2) is 8.75. The molecule has 2 unspecified atom stereocenters. The van der Waals surface area contributed by atoms with Gasteiger partial charge >= 0.3 is 57.4 Å². The monoisotopic (exact) mass is 295 g/mol. The second-order valence-corrected chi connectivity index (χ2v) is 3.57. The van der Waals surface area contributed by atoms with E-state index in [1.54, 1.807) is 0 Å². The molecule has 0 saturated heterocycles. The minimum atomic E-state index is -1.98. The van der Waals surface area contributed by atoms with Gasteiger partial charge in [0.2, 0.25) is 0 Å². The van der Waals surface area contributed by atoms with Crippen molar-refractivity contribution in [1.82, 2.24) is 5.32 Å². The van der Waals surface area contributed by atoms with Gasteiger partial charge in [-0.3, -0.25) is 10.1 Å². The first-order valence-corrected chi connectivity index (χ1v) is 5.01. The van der Waals surface area contributed by atoms with Crippen LogP contribution in [0.2, 0.25) is 0 Å². The molecular formula is C11H11FKNO5. The van der Waals surface area contributed by atoms with Crippen molar-refractivity contribution in [3.05, 3.63) is 35.6 Å². The fourth-order valence-corrected chi connectivity index (χ4v) is 1.45. The molecule has 98 valence electrons. The van der Waals surface area contributed by atoms with Gasteiger partial charge in [0.05, 0.1) is 18.6 Å². The second-order valence-electron chi connectivity index (χ2n) is 3.57. The molecule has 0 aliphatic heterocycles. The minimum absolute atomic E-state index is 0. The summed E-state index contributed by atoms with van der Waals surface area (Å²) in [6.45, 7) is -0.578. The first-order valence-electron chi connectivity index (χ1n) is 5.01. The topological polar surface area (TPSA) is 110 Å². The summed E-state index contributed by atoms with van der Waals surface area (Å²) in [6.07, 6.45) is -1.98. The molecule has 0 saturated carbocycles. The van der Waals surface area contributed by atoms with Crippen LogP contribution in [0, 0.1) is 5.82 Å². The average Bonchev–Trinajstić information content (AvgIpc) is 2.28. The fraction of sp³-hybridized carbons (Fsp3) is 0.273. The summed E-state index contributed by atoms with van der Waals surface area (Å²) in [5.74, 6) is -3.63. The van der Waals surface area contributed by atoms with Gasteiger partial charge in [0.1, 0.15) is 11.9 Å². The van der Waals surface area contributed by atoms with Crippen LogP contribution < -0.4 is 61.8 Å². The molecule has 1 rings (SSSR count). The molecule has 1 aromatic carbocycles. The predicted octanol–water partition coefficient (Wildman–Crippen LogP) is -4.34. The van der Waals surface area contributed by atoms with Crippen molar-refractivity contribution in [2.75, 3.05) is 6.54 Å². The molecule has 0 bridgehead atoms. The quantitative estimate of drug-likeness (QED) is 0.458. The van der Waals surface area contributed by atoms with E-state index < -0.39 is 36.4 Å². The van der Waals surface area contributed by atoms with Gasteiger partial charge < -0.3 is 20.1 Å². The van der Waals surface area contributed by atoms with Crippen LogP contribution in [0.1, 0.15) is 11.6 Å². The number of nitrogens with one attached hydrogen (secondary N) is 1. The van der Waals surface area contributed by atoms with Crippen LogP contribution in [0.3, 0.4) is 0 Å². The number of rotatable bonds is 6. The molecular weight excluding hydrogens is 284 g/mol. The fourth-order valence-electron chi connectivity index (χ4n) is 1.45. The third-order valence-electron chi connectivity index (χ3n) is 2.24. The Morgan fingerprint density at radius 3 is 2.53 bits per heavy atom. The van der Waals surface area contributed by atoms with E-state index in [-0.39, 0.29) is 56.9 Å². The molecule has 0 aliphatic carbocycles. The van der Waals surface area contributed by atoms with Gasteiger partial charge in [-0.1, -0.05) is 12.1 Å². The Morgan fingerprint density at radius 2 is 2.05 bits per heavy atom. The predicted molar refractivity (Wildman–Crippen MR) is 55.8 cm³/mol. The molecule has 0 aromatic heterocycles. The van der Waals surface area contributed by atoms with Crippen LogP contribution in [0.25, 0.3) is 0 Å². The number of carbonyl (C=O) groups is 2. The van der Waals surface area contributed by atoms with Gasteiger partial charge in [-0.05, 0) is 17.7 Å². The first-order chi connectivity index (χ1) is 8.41. The summed E-state index contributed by atoms with van der Waals surface area (Å²) in [5.41, 5.74) is 0.118. The van der Waals surface area contributed by atoms with Gasteiger partial charge in [-0.15, -0.1) is 0 Å². The van der Waals surface area contributed by atoms with Crippen LogP contribution in [-0.4, -0.2) is 34.8 Å². The Kier molecular flexibility index (Phi) is 8.58. The largest absolute Gasteiger partial charge is 1.00 e. The Labute approximate surface area is 151 Å². The maximum atomic E-state index is 13.0. The minimum Gasteiger partial charge on any atom is -0.547 e. The molecule has 6 nitrogen and oxygen atoms in total. The zero-order chi connectivity index (χ0) is 13.7. The molecule has 0 amide bonds. The van der Waals surface area contributed by atoms with Crippen molar-refractivity contribution in [2.24, 2.45) is 0 Å². The van der Waals surface area contributed by atoms with Gasteiger partial charge in [0, 0.05) is 0 Å². The van der Waals surface area contributed by atoms with Crippen molar-refractivity contribution in [3.8, 4) is 0 Å². The maximum absolute atomic E-state index is 13.0. The van der Waals surface area contributed by atoms with E-state index in [9.17, 15) is 24.2 Å². The molecule has 0 aliphatic rings. The Balaban J connectivity index is 0.00000324. The first kappa shape index (κ1) is 18.6. The molecule has 0 heterocycles. The Bertz CT molecular complexity index is 456. The van der Waals surface area contributed by atoms with E-state index in [1.165, 1.54) is 12.1 Å². The molecule has 8 heteroatoms. The summed E-state index contributed by atoms with van der Waals surface area (Å²) >= 11 is 0. The van der Waals surface area contributed by atoms with E-state index in [0.29, 0.717) is 0 Å². The number of aliphatic carboxylic acids is 2. The molecule has 1 aromatic rings. The molecule has 0 spiro atoms. The molecule has 0 fully saturated rings. The molecule has 19 heavy (non-hydrogen) atoms. The Morgan fingerprint density at radius 1 is 1.42 bits per heavy atom. The number of aliphatic hydroxyl groups is 1. The summed E-state index contributed by atoms with van der Waals surface area (Å²) in [7, 11) is 0. The van der Waals surface area contributed by atoms with E-state index in [2.05, 4.69) is 5.32 Å². The number of halogens is 1. The number of hydrogen-bond acceptors (Lipinski definition) is 5. The van der Waals surface area contributed by atoms with Gasteiger partial charge in [0.25, 0.3) is 0 Å². The SMILES string of the molecule is O=C(O)CNC(c1cccc(F)c1)C(O)C(=O)[O-].[K+]. The Hall–Kier alpha value is -0.354. The van der Waals surface area contributed by atoms with Crippen LogP contribution in [-0.2, 0) is 9.59 Å². The number of carbonyl (C=O) groups excluding carboxylic acids is 1. The van der Waals surface area contributed by atoms with Crippen LogP contribution >= 0.6 is 0 Å². The van der Waals surface area contributed by atoms with E-state index >= 15 is 0 Å². The number of aliphatic hydroxyl groups excluding tert-OH is 1. The number of carboxylic acid groups (broad SMARTS) is 2. The number of benzene rings is 1. The summed E-state index contributed by atoms with van der Waals surface area (Å²) in [5, 5.41) is 30.8. The zero-order valence-electron chi connectivity index (χ0n) is 10.2. The average molecular weight is 295 g/mol. The molecule has 2 atom stereocenters. The van der Waals surface area contributed by atoms with Crippen molar-refractivity contribution in [2.45, 2.75) is 12.1 Å². The number of carboxylic acids is 2. The van der Waals surface area contributed by atoms with Crippen LogP contribution in [0.15, 0.2) is 24.3 Å². The summed E-state index contributed by atoms with van der Waals surface area (Å²) < 4.78 is 13.0. The molecule has 0 radical (unpaired) electrons. The van der Waals surface area contributed by atoms with E-state index in [0.717, 1.165) is 12.1 Å². The van der Waals surface area contributed by atoms with Gasteiger partial charge in [0.15, 0.2) is 0 Å². The van der Waals surface area contributed by atoms with Crippen molar-refractivity contribution >= 4 is 11.9 Å². The normalized spacial score (nSPS) is 13.2. The van der Waals surface area contributed by atoms with Crippen molar-refractivity contribution < 1.29 is 80.7 Å². The van der Waals surface area contributed by atoms with Crippen LogP contribution in [0.4, 0.5) is 4.39 Å². The third-order valence-corrected chi connectivity index (χ3v) is 2.24. The standard InChI is InChI=1S/C11H12FNO5.K/c12-7-3-1-2-6(4-7)9(10(16)11(17)18)13-5-8(14)15;/h1-4,9-10,13,16H,5H2,(H,14,15)(H,17,18);/q;+1/p-1. The molecule has 3 N–H and O–H groups in total. The van der Waals surface area contributed by atoms with E-state index in [1.807, 2.05) is 0 Å². The maximum Gasteiger partial charge on any atom is 1.00 e. The van der Waals surface area contributed by atoms with Crippen LogP contribution in [0.5, 0.6) is 0 Å². The summed E-state index contributed by atoms with van der Waals surface area (Å²) in [6, 6.07) is 3.58. The van der Waals surface area contributed by atoms with Gasteiger partial charge in [-0.25, -0.2) is 4.39 Å². The zero-order valence-corrected chi connectivity index (χ0v) is 13.3. The van der Waals surface area contributed by atoms with Gasteiger partial charge in [-0.2, -0.15) is 0 Å². The summed E-state index contributed by atoms with van der Waals surface area (Å²) in [4.78, 5) is 21.0. The number of hydrogen-bond donors (Lipinski definition) is 3. The van der Waals surface area contributed by atoms with Crippen molar-refractivity contribution in [3.63, 3.8) is 0 Å². The third kappa shape index (κ3) is 6.08. The van der Waals surface area contributed by atoms with Crippen molar-refractivity contribution in [1.29, 1.82) is 0 Å². The smallest absolute Gasteiger partial charge is 0.547 e.